The molecule has 33 heavy (non-hydrogen) atoms. The number of halogens is 3. The topological polar surface area (TPSA) is 20.2 Å². The molecule has 0 saturated heterocycles. The second-order valence-corrected chi connectivity index (χ2v) is 10.7. The Kier molecular flexibility index (Phi) is 10.7. The third-order valence-electron chi connectivity index (χ3n) is 6.59. The van der Waals surface area contributed by atoms with Crippen LogP contribution < -0.4 is 0 Å². The van der Waals surface area contributed by atoms with E-state index in [-0.39, 0.29) is 5.83 Å². The normalized spacial score (nSPS) is 16.0. The fourth-order valence-corrected chi connectivity index (χ4v) is 4.19. The zero-order valence-corrected chi connectivity index (χ0v) is 22.7. The second-order valence-electron chi connectivity index (χ2n) is 8.13. The van der Waals surface area contributed by atoms with E-state index in [1.807, 2.05) is 60.7 Å². The summed E-state index contributed by atoms with van der Waals surface area (Å²) in [4.78, 5) is 0. The van der Waals surface area contributed by atoms with Crippen LogP contribution in [0.4, 0.5) is 4.39 Å². The van der Waals surface area contributed by atoms with Crippen molar-refractivity contribution >= 4 is 18.6 Å². The molecule has 3 aromatic rings. The Bertz CT molecular complexity index is 968. The van der Waals surface area contributed by atoms with Gasteiger partial charge in [-0.05, 0) is 23.3 Å². The van der Waals surface area contributed by atoms with Crippen LogP contribution in [0.25, 0.3) is 0 Å². The van der Waals surface area contributed by atoms with E-state index in [9.17, 15) is 9.50 Å². The summed E-state index contributed by atoms with van der Waals surface area (Å²) in [6.45, 7) is 11.0. The van der Waals surface area contributed by atoms with Crippen LogP contribution in [0.15, 0.2) is 84.7 Å². The van der Waals surface area contributed by atoms with Gasteiger partial charge in [-0.3, -0.25) is 0 Å². The van der Waals surface area contributed by atoms with Crippen LogP contribution in [0.3, 0.4) is 0 Å². The SMILES string of the molecule is Cc1c(C)c(C)[c-](C)c1C.OC1C=CC(F)=CC1(c1ccccc1)c1ccccc1.[Cl][Ti][Cl]. The van der Waals surface area contributed by atoms with Crippen LogP contribution in [-0.2, 0) is 22.4 Å². The summed E-state index contributed by atoms with van der Waals surface area (Å²) >= 11 is -0.556. The molecule has 0 radical (unpaired) electrons. The van der Waals surface area contributed by atoms with Crippen molar-refractivity contribution < 1.29 is 26.5 Å². The van der Waals surface area contributed by atoms with Crippen LogP contribution in [0.2, 0.25) is 0 Å². The Morgan fingerprint density at radius 1 is 0.848 bits per heavy atom. The third-order valence-corrected chi connectivity index (χ3v) is 6.59. The van der Waals surface area contributed by atoms with Crippen LogP contribution in [0, 0.1) is 34.6 Å². The van der Waals surface area contributed by atoms with Crippen molar-refractivity contribution in [1.82, 2.24) is 0 Å². The van der Waals surface area contributed by atoms with Gasteiger partial charge in [0, 0.05) is 0 Å². The molecule has 1 atom stereocenters. The van der Waals surface area contributed by atoms with Gasteiger partial charge < -0.3 is 5.11 Å². The Morgan fingerprint density at radius 3 is 1.58 bits per heavy atom. The minimum atomic E-state index is -0.874. The van der Waals surface area contributed by atoms with Gasteiger partial charge in [-0.25, -0.2) is 4.39 Å². The van der Waals surface area contributed by atoms with Crippen LogP contribution >= 0.6 is 18.6 Å². The summed E-state index contributed by atoms with van der Waals surface area (Å²) < 4.78 is 13.9. The van der Waals surface area contributed by atoms with Gasteiger partial charge in [-0.15, -0.1) is 0 Å². The molecule has 1 unspecified atom stereocenters. The number of hydrogen-bond acceptors (Lipinski definition) is 1. The van der Waals surface area contributed by atoms with Crippen molar-refractivity contribution in [2.45, 2.75) is 46.1 Å². The molecule has 1 aliphatic carbocycles. The number of aliphatic hydroxyl groups is 1. The van der Waals surface area contributed by atoms with Crippen molar-refractivity contribution in [1.29, 1.82) is 0 Å². The fourth-order valence-electron chi connectivity index (χ4n) is 4.19. The van der Waals surface area contributed by atoms with Gasteiger partial charge >= 0.3 is 35.6 Å². The van der Waals surface area contributed by atoms with E-state index in [0.717, 1.165) is 11.1 Å². The van der Waals surface area contributed by atoms with Gasteiger partial charge in [0.25, 0.3) is 0 Å². The molecule has 0 aromatic heterocycles. The van der Waals surface area contributed by atoms with Crippen LogP contribution in [0.1, 0.15) is 38.9 Å². The number of allylic oxidation sites excluding steroid dienone is 2. The molecule has 1 aliphatic rings. The summed E-state index contributed by atoms with van der Waals surface area (Å²) in [5, 5.41) is 10.5. The fraction of sp³-hybridized carbons (Fsp3) is 0.250. The number of hydrogen-bond donors (Lipinski definition) is 1. The molecule has 5 heteroatoms. The van der Waals surface area contributed by atoms with E-state index in [4.69, 9.17) is 18.6 Å². The summed E-state index contributed by atoms with van der Waals surface area (Å²) in [5.74, 6) is -0.331. The molecular formula is C28H30Cl2FOTi-. The first-order valence-electron chi connectivity index (χ1n) is 10.7. The number of benzene rings is 2. The van der Waals surface area contributed by atoms with Gasteiger partial charge in [0.2, 0.25) is 0 Å². The van der Waals surface area contributed by atoms with Gasteiger partial charge in [-0.1, -0.05) is 101 Å². The standard InChI is InChI=1S/C18H15FO.C10H15.2ClH.Ti/c19-16-11-12-17(20)18(13-16,14-7-3-1-4-8-14)15-9-5-2-6-10-15;1-6-7(2)9(4)10(5)8(6)3;;;/h1-13,17,20H;1-5H3;2*1H;/q;-1;;;+2/p-2. The van der Waals surface area contributed by atoms with E-state index in [0.29, 0.717) is 0 Å². The Hall–Kier alpha value is -1.55. The first-order valence-corrected chi connectivity index (χ1v) is 15.0. The molecule has 4 rings (SSSR count). The quantitative estimate of drug-likeness (QED) is 0.268. The molecule has 0 fully saturated rings. The predicted molar refractivity (Wildman–Crippen MR) is 135 cm³/mol. The number of rotatable bonds is 2. The molecule has 3 aromatic carbocycles. The Balaban J connectivity index is 0.000000249. The number of aliphatic hydroxyl groups excluding tert-OH is 1. The molecular weight excluding hydrogens is 490 g/mol. The molecule has 174 valence electrons. The van der Waals surface area contributed by atoms with E-state index >= 15 is 0 Å². The first kappa shape index (κ1) is 27.7. The maximum atomic E-state index is 13.9. The molecule has 0 spiro atoms. The second kappa shape index (κ2) is 12.8. The molecule has 0 heterocycles. The van der Waals surface area contributed by atoms with Gasteiger partial charge in [0.1, 0.15) is 5.83 Å². The Labute approximate surface area is 214 Å². The van der Waals surface area contributed by atoms with Crippen molar-refractivity contribution in [2.24, 2.45) is 0 Å². The average molecular weight is 520 g/mol. The first-order chi connectivity index (χ1) is 15.7. The van der Waals surface area contributed by atoms with Gasteiger partial charge in [-0.2, -0.15) is 27.8 Å². The van der Waals surface area contributed by atoms with Crippen molar-refractivity contribution in [3.05, 3.63) is 124 Å². The predicted octanol–water partition coefficient (Wildman–Crippen LogP) is 8.08. The van der Waals surface area contributed by atoms with E-state index < -0.39 is 28.6 Å². The zero-order valence-electron chi connectivity index (χ0n) is 19.7. The third kappa shape index (κ3) is 6.32. The van der Waals surface area contributed by atoms with Gasteiger partial charge in [0.15, 0.2) is 0 Å². The molecule has 1 nitrogen and oxygen atoms in total. The monoisotopic (exact) mass is 519 g/mol. The Morgan fingerprint density at radius 2 is 1.24 bits per heavy atom. The van der Waals surface area contributed by atoms with Crippen LogP contribution in [0.5, 0.6) is 0 Å². The van der Waals surface area contributed by atoms with E-state index in [2.05, 4.69) is 34.6 Å². The average Bonchev–Trinajstić information content (AvgIpc) is 3.00. The van der Waals surface area contributed by atoms with E-state index in [1.54, 1.807) is 0 Å². The minimum absolute atomic E-state index is 0.331. The summed E-state index contributed by atoms with van der Waals surface area (Å²) in [6, 6.07) is 19.1. The molecule has 0 bridgehead atoms. The van der Waals surface area contributed by atoms with Crippen molar-refractivity contribution in [3.63, 3.8) is 0 Å². The van der Waals surface area contributed by atoms with E-state index in [1.165, 1.54) is 46.0 Å². The van der Waals surface area contributed by atoms with Crippen molar-refractivity contribution in [2.75, 3.05) is 0 Å². The van der Waals surface area contributed by atoms with Crippen molar-refractivity contribution in [3.8, 4) is 0 Å². The maximum absolute atomic E-state index is 13.9. The summed E-state index contributed by atoms with van der Waals surface area (Å²) in [6.07, 6.45) is 3.53. The molecule has 0 saturated carbocycles. The van der Waals surface area contributed by atoms with Crippen LogP contribution in [-0.4, -0.2) is 11.2 Å². The van der Waals surface area contributed by atoms with Gasteiger partial charge in [0.05, 0.1) is 11.5 Å². The summed E-state index contributed by atoms with van der Waals surface area (Å²) in [5.41, 5.74) is 8.21. The molecule has 0 aliphatic heterocycles. The zero-order chi connectivity index (χ0) is 24.6. The molecule has 0 amide bonds. The summed E-state index contributed by atoms with van der Waals surface area (Å²) in [7, 11) is 9.78. The molecule has 1 N–H and O–H groups in total.